The third-order valence-electron chi connectivity index (χ3n) is 11.8. The minimum atomic E-state index is -0.884. The molecule has 0 aliphatic rings. The lowest BCUT2D eigenvalue weighted by Crippen LogP contribution is -2.17. The van der Waals surface area contributed by atoms with Crippen LogP contribution in [0.25, 0.3) is 72.7 Å². The SMILES string of the molecule is [2H]C(C)(C)c1cc(-c2ccccc2)cc(-n2c(-c3cc(C(C)(C)C)cc(C(C)(C)C)c3O)nc3c(-c4cc(-c5cc(-c6ccccc6)ccn5)cc(C(C)(C)C)c4)cccc32)c1. The maximum Gasteiger partial charge on any atom is 0.149 e. The Morgan fingerprint density at radius 3 is 1.79 bits per heavy atom. The van der Waals surface area contributed by atoms with E-state index in [0.29, 0.717) is 11.4 Å². The third-order valence-corrected chi connectivity index (χ3v) is 11.8. The van der Waals surface area contributed by atoms with Crippen molar-refractivity contribution in [3.8, 4) is 67.5 Å². The Hall–Kier alpha value is -6.26. The van der Waals surface area contributed by atoms with Crippen molar-refractivity contribution in [3.05, 3.63) is 168 Å². The predicted octanol–water partition coefficient (Wildman–Crippen LogP) is 15.5. The molecular formula is C57H59N3O. The number of pyridine rings is 1. The molecule has 4 nitrogen and oxygen atoms in total. The van der Waals surface area contributed by atoms with Gasteiger partial charge < -0.3 is 5.11 Å². The first-order valence-corrected chi connectivity index (χ1v) is 21.5. The number of fused-ring (bicyclic) bond motifs is 1. The molecule has 0 fully saturated rings. The number of nitrogens with zero attached hydrogens (tertiary/aromatic N) is 3. The number of hydrogen-bond donors (Lipinski definition) is 1. The molecule has 0 aliphatic carbocycles. The van der Waals surface area contributed by atoms with Crippen molar-refractivity contribution < 1.29 is 6.48 Å². The summed E-state index contributed by atoms with van der Waals surface area (Å²) >= 11 is 0. The van der Waals surface area contributed by atoms with Gasteiger partial charge in [-0.15, -0.1) is 0 Å². The van der Waals surface area contributed by atoms with Crippen LogP contribution < -0.4 is 0 Å². The molecule has 0 radical (unpaired) electrons. The molecule has 0 saturated heterocycles. The minimum Gasteiger partial charge on any atom is -0.507 e. The second kappa shape index (κ2) is 15.6. The first kappa shape index (κ1) is 40.2. The lowest BCUT2D eigenvalue weighted by atomic mass is 9.79. The summed E-state index contributed by atoms with van der Waals surface area (Å²) in [5.41, 5.74) is 14.9. The van der Waals surface area contributed by atoms with Crippen LogP contribution in [0.4, 0.5) is 0 Å². The highest BCUT2D eigenvalue weighted by molar-refractivity contribution is 5.97. The molecule has 0 spiro atoms. The van der Waals surface area contributed by atoms with Crippen molar-refractivity contribution >= 4 is 11.0 Å². The molecule has 0 amide bonds. The molecule has 2 heterocycles. The standard InChI is InChI=1S/C57H59N3O/c1-36(2)40-27-41(38-21-16-13-17-22-38)32-46(31-40)60-51-24-18-23-47(52(51)59-54(60)48-34-45(56(6,7)8)35-49(53(48)61)57(9,10)11)42-28-43(30-44(29-42)55(3,4)5)50-33-39(25-26-58-50)37-19-14-12-15-20-37/h12-36,61H,1-11H3/i36D. The van der Waals surface area contributed by atoms with Gasteiger partial charge in [-0.2, -0.15) is 0 Å². The summed E-state index contributed by atoms with van der Waals surface area (Å²) in [6, 6.07) is 49.0. The molecule has 61 heavy (non-hydrogen) atoms. The number of phenols is 1. The van der Waals surface area contributed by atoms with E-state index >= 15 is 0 Å². The zero-order chi connectivity index (χ0) is 44.4. The van der Waals surface area contributed by atoms with Crippen LogP contribution in [0.15, 0.2) is 146 Å². The van der Waals surface area contributed by atoms with Gasteiger partial charge >= 0.3 is 0 Å². The van der Waals surface area contributed by atoms with Crippen LogP contribution in [0.5, 0.6) is 5.75 Å². The maximum atomic E-state index is 12.5. The Kier molecular flexibility index (Phi) is 10.3. The number of benzene rings is 6. The summed E-state index contributed by atoms with van der Waals surface area (Å²) in [5.74, 6) is -0.0138. The molecule has 0 bridgehead atoms. The Morgan fingerprint density at radius 1 is 0.541 bits per heavy atom. The summed E-state index contributed by atoms with van der Waals surface area (Å²) < 4.78 is 11.5. The monoisotopic (exact) mass is 802 g/mol. The molecule has 8 rings (SSSR count). The zero-order valence-corrected chi connectivity index (χ0v) is 37.6. The average Bonchev–Trinajstić information content (AvgIpc) is 3.62. The Balaban J connectivity index is 1.46. The second-order valence-electron chi connectivity index (χ2n) is 19.8. The molecule has 1 N–H and O–H groups in total. The lowest BCUT2D eigenvalue weighted by Gasteiger charge is -2.27. The average molecular weight is 803 g/mol. The van der Waals surface area contributed by atoms with Crippen LogP contribution in [0.3, 0.4) is 0 Å². The predicted molar refractivity (Wildman–Crippen MR) is 258 cm³/mol. The first-order valence-electron chi connectivity index (χ1n) is 22.0. The van der Waals surface area contributed by atoms with E-state index < -0.39 is 5.89 Å². The molecular weight excluding hydrogens is 743 g/mol. The number of aromatic hydroxyl groups is 1. The Labute approximate surface area is 364 Å². The summed E-state index contributed by atoms with van der Waals surface area (Å²) in [7, 11) is 0. The molecule has 0 saturated carbocycles. The minimum absolute atomic E-state index is 0.153. The molecule has 0 unspecified atom stereocenters. The lowest BCUT2D eigenvalue weighted by molar-refractivity contribution is 0.446. The molecule has 308 valence electrons. The van der Waals surface area contributed by atoms with E-state index in [9.17, 15) is 6.48 Å². The van der Waals surface area contributed by atoms with Gasteiger partial charge in [0.2, 0.25) is 0 Å². The van der Waals surface area contributed by atoms with E-state index in [2.05, 4.69) is 194 Å². The van der Waals surface area contributed by atoms with Crippen LogP contribution in [-0.2, 0) is 16.2 Å². The number of aromatic nitrogens is 3. The molecule has 0 aliphatic heterocycles. The van der Waals surface area contributed by atoms with Gasteiger partial charge in [0.1, 0.15) is 11.6 Å². The van der Waals surface area contributed by atoms with Gasteiger partial charge in [-0.3, -0.25) is 9.55 Å². The fourth-order valence-electron chi connectivity index (χ4n) is 8.17. The zero-order valence-electron chi connectivity index (χ0n) is 38.6. The third kappa shape index (κ3) is 8.29. The van der Waals surface area contributed by atoms with Crippen molar-refractivity contribution in [1.29, 1.82) is 0 Å². The Morgan fingerprint density at radius 2 is 1.16 bits per heavy atom. The van der Waals surface area contributed by atoms with Gasteiger partial charge in [-0.05, 0) is 115 Å². The summed E-state index contributed by atoms with van der Waals surface area (Å²) in [4.78, 5) is 10.5. The van der Waals surface area contributed by atoms with E-state index in [0.717, 1.165) is 78.0 Å². The van der Waals surface area contributed by atoms with Crippen LogP contribution in [-0.4, -0.2) is 19.6 Å². The van der Waals surface area contributed by atoms with E-state index in [1.54, 1.807) is 0 Å². The van der Waals surface area contributed by atoms with Gasteiger partial charge in [0.15, 0.2) is 0 Å². The molecule has 6 aromatic carbocycles. The van der Waals surface area contributed by atoms with Crippen molar-refractivity contribution in [3.63, 3.8) is 0 Å². The number of phenolic OH excluding ortho intramolecular Hbond substituents is 1. The van der Waals surface area contributed by atoms with Gasteiger partial charge in [0, 0.05) is 29.9 Å². The first-order chi connectivity index (χ1) is 29.2. The van der Waals surface area contributed by atoms with Crippen LogP contribution in [0.2, 0.25) is 0 Å². The maximum absolute atomic E-state index is 12.5. The van der Waals surface area contributed by atoms with Gasteiger partial charge in [0.25, 0.3) is 0 Å². The molecule has 2 aromatic heterocycles. The van der Waals surface area contributed by atoms with E-state index in [-0.39, 0.29) is 22.0 Å². The van der Waals surface area contributed by atoms with Crippen LogP contribution in [0.1, 0.15) is 106 Å². The van der Waals surface area contributed by atoms with Gasteiger partial charge in [-0.1, -0.05) is 167 Å². The molecule has 8 aromatic rings. The van der Waals surface area contributed by atoms with Crippen molar-refractivity contribution in [1.82, 2.24) is 14.5 Å². The number of rotatable bonds is 7. The fraction of sp³-hybridized carbons (Fsp3) is 0.263. The van der Waals surface area contributed by atoms with Crippen LogP contribution >= 0.6 is 0 Å². The summed E-state index contributed by atoms with van der Waals surface area (Å²) in [6.07, 6.45) is 1.90. The van der Waals surface area contributed by atoms with Gasteiger partial charge in [0.05, 0.1) is 22.3 Å². The van der Waals surface area contributed by atoms with Crippen molar-refractivity contribution in [2.24, 2.45) is 0 Å². The second-order valence-corrected chi connectivity index (χ2v) is 19.8. The fourth-order valence-corrected chi connectivity index (χ4v) is 8.17. The van der Waals surface area contributed by atoms with E-state index in [1.165, 1.54) is 5.56 Å². The number of imidazole rings is 1. The molecule has 0 atom stereocenters. The summed E-state index contributed by atoms with van der Waals surface area (Å²) in [5, 5.41) is 12.5. The van der Waals surface area contributed by atoms with E-state index in [1.807, 2.05) is 32.2 Å². The summed E-state index contributed by atoms with van der Waals surface area (Å²) in [6.45, 7) is 23.7. The number of hydrogen-bond acceptors (Lipinski definition) is 3. The van der Waals surface area contributed by atoms with E-state index in [4.69, 9.17) is 9.97 Å². The topological polar surface area (TPSA) is 50.9 Å². The number of para-hydroxylation sites is 1. The quantitative estimate of drug-likeness (QED) is 0.175. The smallest absolute Gasteiger partial charge is 0.149 e. The largest absolute Gasteiger partial charge is 0.507 e. The molecule has 4 heteroatoms. The van der Waals surface area contributed by atoms with Crippen LogP contribution in [0, 0.1) is 0 Å². The highest BCUT2D eigenvalue weighted by atomic mass is 16.3. The van der Waals surface area contributed by atoms with Gasteiger partial charge in [-0.25, -0.2) is 4.98 Å². The highest BCUT2D eigenvalue weighted by Crippen LogP contribution is 2.45. The van der Waals surface area contributed by atoms with Crippen molar-refractivity contribution in [2.75, 3.05) is 0 Å². The highest BCUT2D eigenvalue weighted by Gasteiger charge is 2.29. The van der Waals surface area contributed by atoms with Crippen molar-refractivity contribution in [2.45, 2.75) is 98.3 Å². The Bertz CT molecular complexity index is 2930. The normalized spacial score (nSPS) is 12.8.